The molecule has 1 saturated carbocycles. The summed E-state index contributed by atoms with van der Waals surface area (Å²) in [7, 11) is 0. The van der Waals surface area contributed by atoms with E-state index in [1.807, 2.05) is 35.2 Å². The van der Waals surface area contributed by atoms with Crippen LogP contribution in [0.2, 0.25) is 0 Å². The van der Waals surface area contributed by atoms with Crippen molar-refractivity contribution in [2.75, 3.05) is 6.54 Å². The van der Waals surface area contributed by atoms with Gasteiger partial charge in [-0.15, -0.1) is 0 Å². The molecule has 3 aromatic rings. The molecule has 1 heterocycles. The highest BCUT2D eigenvalue weighted by atomic mass is 127. The lowest BCUT2D eigenvalue weighted by atomic mass is 10.1. The Bertz CT molecular complexity index is 1040. The maximum Gasteiger partial charge on any atom is 0.254 e. The highest BCUT2D eigenvalue weighted by molar-refractivity contribution is 14.1. The van der Waals surface area contributed by atoms with E-state index < -0.39 is 0 Å². The molecule has 0 unspecified atom stereocenters. The second-order valence-electron chi connectivity index (χ2n) is 8.56. The molecule has 0 saturated heterocycles. The molecule has 0 bridgehead atoms. The summed E-state index contributed by atoms with van der Waals surface area (Å²) < 4.78 is 17.2. The Balaban J connectivity index is 1.72. The molecule has 0 atom stereocenters. The minimum atomic E-state index is -0.279. The lowest BCUT2D eigenvalue weighted by Crippen LogP contribution is -2.35. The van der Waals surface area contributed by atoms with Gasteiger partial charge in [-0.25, -0.2) is 9.37 Å². The van der Waals surface area contributed by atoms with Crippen LogP contribution in [0.5, 0.6) is 0 Å². The highest BCUT2D eigenvalue weighted by Crippen LogP contribution is 2.34. The zero-order valence-corrected chi connectivity index (χ0v) is 19.6. The van der Waals surface area contributed by atoms with Crippen LogP contribution >= 0.6 is 22.6 Å². The van der Waals surface area contributed by atoms with Gasteiger partial charge in [0.2, 0.25) is 0 Å². The molecule has 1 fully saturated rings. The zero-order chi connectivity index (χ0) is 21.3. The molecule has 0 spiro atoms. The summed E-state index contributed by atoms with van der Waals surface area (Å²) in [5.41, 5.74) is 2.32. The lowest BCUT2D eigenvalue weighted by Gasteiger charge is -2.26. The number of hydrogen-bond donors (Lipinski definition) is 0. The molecule has 1 amide bonds. The van der Waals surface area contributed by atoms with Crippen molar-refractivity contribution in [3.8, 4) is 0 Å². The SMILES string of the molecule is CC(C)CN(Cc1nc2cc(F)ccc2n1C1CCCC1)C(=O)c1ccc(I)cc1. The van der Waals surface area contributed by atoms with E-state index in [9.17, 15) is 9.18 Å². The van der Waals surface area contributed by atoms with Crippen LogP contribution in [0.1, 0.15) is 61.8 Å². The summed E-state index contributed by atoms with van der Waals surface area (Å²) in [6, 6.07) is 12.9. The predicted octanol–water partition coefficient (Wildman–Crippen LogP) is 6.19. The van der Waals surface area contributed by atoms with Gasteiger partial charge < -0.3 is 9.47 Å². The van der Waals surface area contributed by atoms with Gasteiger partial charge in [0.25, 0.3) is 5.91 Å². The van der Waals surface area contributed by atoms with Gasteiger partial charge in [0.15, 0.2) is 0 Å². The summed E-state index contributed by atoms with van der Waals surface area (Å²) >= 11 is 2.24. The average molecular weight is 519 g/mol. The van der Waals surface area contributed by atoms with E-state index in [4.69, 9.17) is 4.98 Å². The summed E-state index contributed by atoms with van der Waals surface area (Å²) in [5.74, 6) is 0.914. The number of aromatic nitrogens is 2. The van der Waals surface area contributed by atoms with Gasteiger partial charge in [0.05, 0.1) is 17.6 Å². The van der Waals surface area contributed by atoms with E-state index >= 15 is 0 Å². The lowest BCUT2D eigenvalue weighted by molar-refractivity contribution is 0.0715. The monoisotopic (exact) mass is 519 g/mol. The second-order valence-corrected chi connectivity index (χ2v) is 9.80. The molecule has 0 aliphatic heterocycles. The quantitative estimate of drug-likeness (QED) is 0.364. The maximum atomic E-state index is 13.9. The normalized spacial score (nSPS) is 14.7. The number of nitrogens with zero attached hydrogens (tertiary/aromatic N) is 3. The molecular weight excluding hydrogens is 492 g/mol. The highest BCUT2D eigenvalue weighted by Gasteiger charge is 2.26. The van der Waals surface area contributed by atoms with Crippen molar-refractivity contribution in [2.24, 2.45) is 5.92 Å². The minimum absolute atomic E-state index is 0.0105. The van der Waals surface area contributed by atoms with Crippen LogP contribution in [-0.4, -0.2) is 26.9 Å². The van der Waals surface area contributed by atoms with Gasteiger partial charge in [-0.05, 0) is 77.7 Å². The molecular formula is C24H27FIN3O. The van der Waals surface area contributed by atoms with Crippen LogP contribution in [0.3, 0.4) is 0 Å². The standard InChI is InChI=1S/C24H27FIN3O/c1-16(2)14-28(24(30)17-7-10-19(26)11-8-17)15-23-27-21-13-18(25)9-12-22(21)29(23)20-5-3-4-6-20/h7-13,16,20H,3-6,14-15H2,1-2H3. The molecule has 2 aromatic carbocycles. The Kier molecular flexibility index (Phi) is 6.41. The van der Waals surface area contributed by atoms with Crippen molar-refractivity contribution in [2.45, 2.75) is 52.1 Å². The number of hydrogen-bond acceptors (Lipinski definition) is 2. The van der Waals surface area contributed by atoms with Crippen molar-refractivity contribution in [3.05, 3.63) is 63.2 Å². The number of carbonyl (C=O) groups is 1. The first-order valence-corrected chi connectivity index (χ1v) is 11.7. The van der Waals surface area contributed by atoms with Crippen LogP contribution in [0, 0.1) is 15.3 Å². The Morgan fingerprint density at radius 3 is 2.57 bits per heavy atom. The van der Waals surface area contributed by atoms with Gasteiger partial charge in [-0.2, -0.15) is 0 Å². The third-order valence-corrected chi connectivity index (χ3v) is 6.43. The Morgan fingerprint density at radius 1 is 1.20 bits per heavy atom. The van der Waals surface area contributed by atoms with Crippen LogP contribution in [-0.2, 0) is 6.54 Å². The van der Waals surface area contributed by atoms with E-state index in [-0.39, 0.29) is 11.7 Å². The topological polar surface area (TPSA) is 38.1 Å². The molecule has 1 aliphatic carbocycles. The summed E-state index contributed by atoms with van der Waals surface area (Å²) in [6.07, 6.45) is 4.60. The van der Waals surface area contributed by atoms with Gasteiger partial charge >= 0.3 is 0 Å². The van der Waals surface area contributed by atoms with Crippen LogP contribution < -0.4 is 0 Å². The fraction of sp³-hybridized carbons (Fsp3) is 0.417. The molecule has 0 radical (unpaired) electrons. The minimum Gasteiger partial charge on any atom is -0.331 e. The predicted molar refractivity (Wildman–Crippen MR) is 126 cm³/mol. The third-order valence-electron chi connectivity index (χ3n) is 5.71. The molecule has 4 nitrogen and oxygen atoms in total. The first-order valence-electron chi connectivity index (χ1n) is 10.6. The maximum absolute atomic E-state index is 13.9. The van der Waals surface area contributed by atoms with Crippen molar-refractivity contribution in [1.82, 2.24) is 14.5 Å². The summed E-state index contributed by atoms with van der Waals surface area (Å²) in [4.78, 5) is 20.0. The number of amides is 1. The molecule has 1 aliphatic rings. The summed E-state index contributed by atoms with van der Waals surface area (Å²) in [5, 5.41) is 0. The van der Waals surface area contributed by atoms with E-state index in [0.717, 1.165) is 27.8 Å². The Labute approximate surface area is 190 Å². The smallest absolute Gasteiger partial charge is 0.254 e. The van der Waals surface area contributed by atoms with Crippen molar-refractivity contribution in [3.63, 3.8) is 0 Å². The van der Waals surface area contributed by atoms with E-state index in [0.29, 0.717) is 36.1 Å². The fourth-order valence-corrected chi connectivity index (χ4v) is 4.77. The van der Waals surface area contributed by atoms with Gasteiger partial charge in [-0.1, -0.05) is 26.7 Å². The number of halogens is 2. The number of fused-ring (bicyclic) bond motifs is 1. The Hall–Kier alpha value is -1.96. The van der Waals surface area contributed by atoms with E-state index in [2.05, 4.69) is 41.0 Å². The van der Waals surface area contributed by atoms with Crippen LogP contribution in [0.15, 0.2) is 42.5 Å². The first-order chi connectivity index (χ1) is 14.4. The molecule has 30 heavy (non-hydrogen) atoms. The van der Waals surface area contributed by atoms with Crippen molar-refractivity contribution >= 4 is 39.5 Å². The van der Waals surface area contributed by atoms with Crippen molar-refractivity contribution < 1.29 is 9.18 Å². The number of rotatable bonds is 6. The zero-order valence-electron chi connectivity index (χ0n) is 17.4. The van der Waals surface area contributed by atoms with Crippen LogP contribution in [0.4, 0.5) is 4.39 Å². The van der Waals surface area contributed by atoms with Gasteiger partial charge in [0, 0.05) is 27.8 Å². The summed E-state index contributed by atoms with van der Waals surface area (Å²) in [6.45, 7) is 5.30. The number of carbonyl (C=O) groups excluding carboxylic acids is 1. The number of imidazole rings is 1. The largest absolute Gasteiger partial charge is 0.331 e. The third kappa shape index (κ3) is 4.53. The molecule has 4 rings (SSSR count). The van der Waals surface area contributed by atoms with E-state index in [1.165, 1.54) is 25.0 Å². The van der Waals surface area contributed by atoms with Gasteiger partial charge in [0.1, 0.15) is 11.6 Å². The average Bonchev–Trinajstić information content (AvgIpc) is 3.34. The van der Waals surface area contributed by atoms with Crippen molar-refractivity contribution in [1.29, 1.82) is 0 Å². The van der Waals surface area contributed by atoms with Crippen LogP contribution in [0.25, 0.3) is 11.0 Å². The molecule has 158 valence electrons. The van der Waals surface area contributed by atoms with Gasteiger partial charge in [-0.3, -0.25) is 4.79 Å². The fourth-order valence-electron chi connectivity index (χ4n) is 4.41. The Morgan fingerprint density at radius 2 is 1.90 bits per heavy atom. The molecule has 6 heteroatoms. The molecule has 1 aromatic heterocycles. The van der Waals surface area contributed by atoms with E-state index in [1.54, 1.807) is 0 Å². The first kappa shape index (κ1) is 21.3. The number of benzene rings is 2. The molecule has 0 N–H and O–H groups in total. The second kappa shape index (κ2) is 9.04.